The van der Waals surface area contributed by atoms with Gasteiger partial charge in [0.15, 0.2) is 0 Å². The fourth-order valence-electron chi connectivity index (χ4n) is 0.526. The lowest BCUT2D eigenvalue weighted by molar-refractivity contribution is 0.157. The molecule has 1 aliphatic heterocycles. The quantitative estimate of drug-likeness (QED) is 0.485. The van der Waals surface area contributed by atoms with Crippen LogP contribution in [0.3, 0.4) is 0 Å². The first-order valence-corrected chi connectivity index (χ1v) is 3.17. The molecule has 0 saturated heterocycles. The normalized spacial score (nSPS) is 24.8. The maximum atomic E-state index is 5.56. The predicted octanol–water partition coefficient (Wildman–Crippen LogP) is 2.44. The van der Waals surface area contributed by atoms with E-state index in [1.165, 1.54) is 6.26 Å². The summed E-state index contributed by atoms with van der Waals surface area (Å²) in [4.78, 5) is 0. The first-order chi connectivity index (χ1) is 3.71. The van der Waals surface area contributed by atoms with E-state index in [1.54, 1.807) is 0 Å². The van der Waals surface area contributed by atoms with Crippen LogP contribution in [0.4, 0.5) is 0 Å². The molecule has 0 spiro atoms. The summed E-state index contributed by atoms with van der Waals surface area (Å²) in [7, 11) is 0. The van der Waals surface area contributed by atoms with Gasteiger partial charge in [-0.25, -0.2) is 0 Å². The SMILES string of the molecule is ClC1(Cl)CCC=CO1. The summed E-state index contributed by atoms with van der Waals surface area (Å²) in [6.07, 6.45) is 4.99. The van der Waals surface area contributed by atoms with Crippen molar-refractivity contribution in [1.82, 2.24) is 0 Å². The molecule has 1 nitrogen and oxygen atoms in total. The number of hydrogen-bond donors (Lipinski definition) is 0. The molecule has 0 atom stereocenters. The topological polar surface area (TPSA) is 9.23 Å². The lowest BCUT2D eigenvalue weighted by Crippen LogP contribution is -2.16. The average molecular weight is 153 g/mol. The third-order valence-electron chi connectivity index (χ3n) is 0.939. The van der Waals surface area contributed by atoms with Crippen LogP contribution in [0.5, 0.6) is 0 Å². The maximum absolute atomic E-state index is 5.56. The van der Waals surface area contributed by atoms with Gasteiger partial charge < -0.3 is 4.74 Å². The molecule has 46 valence electrons. The summed E-state index contributed by atoms with van der Waals surface area (Å²) in [5.74, 6) is 0. The Balaban J connectivity index is 2.50. The molecule has 0 aromatic rings. The maximum Gasteiger partial charge on any atom is 0.257 e. The highest BCUT2D eigenvalue weighted by atomic mass is 35.5. The molecule has 8 heavy (non-hydrogen) atoms. The zero-order chi connectivity index (χ0) is 6.04. The van der Waals surface area contributed by atoms with Crippen LogP contribution in [0.2, 0.25) is 0 Å². The first-order valence-electron chi connectivity index (χ1n) is 2.41. The van der Waals surface area contributed by atoms with E-state index in [0.717, 1.165) is 6.42 Å². The number of hydrogen-bond acceptors (Lipinski definition) is 1. The first kappa shape index (κ1) is 6.24. The minimum atomic E-state index is -0.964. The summed E-state index contributed by atoms with van der Waals surface area (Å²) in [6, 6.07) is 0. The molecule has 0 bridgehead atoms. The Bertz CT molecular complexity index is 109. The van der Waals surface area contributed by atoms with Crippen LogP contribution in [-0.4, -0.2) is 4.52 Å². The Morgan fingerprint density at radius 1 is 1.50 bits per heavy atom. The van der Waals surface area contributed by atoms with Crippen molar-refractivity contribution in [2.45, 2.75) is 17.4 Å². The molecule has 0 fully saturated rings. The Morgan fingerprint density at radius 2 is 2.25 bits per heavy atom. The van der Waals surface area contributed by atoms with Crippen molar-refractivity contribution in [2.75, 3.05) is 0 Å². The van der Waals surface area contributed by atoms with Gasteiger partial charge in [0.1, 0.15) is 0 Å². The van der Waals surface area contributed by atoms with E-state index in [4.69, 9.17) is 27.9 Å². The molecular weight excluding hydrogens is 147 g/mol. The number of allylic oxidation sites excluding steroid dienone is 1. The fraction of sp³-hybridized carbons (Fsp3) is 0.600. The number of alkyl halides is 2. The van der Waals surface area contributed by atoms with Crippen molar-refractivity contribution < 1.29 is 4.74 Å². The van der Waals surface area contributed by atoms with Gasteiger partial charge in [-0.2, -0.15) is 0 Å². The van der Waals surface area contributed by atoms with Gasteiger partial charge in [0, 0.05) is 6.42 Å². The molecule has 0 radical (unpaired) electrons. The van der Waals surface area contributed by atoms with Crippen LogP contribution in [0.1, 0.15) is 12.8 Å². The molecule has 0 aliphatic carbocycles. The minimum Gasteiger partial charge on any atom is -0.466 e. The van der Waals surface area contributed by atoms with Crippen molar-refractivity contribution in [3.63, 3.8) is 0 Å². The van der Waals surface area contributed by atoms with Crippen molar-refractivity contribution >= 4 is 23.2 Å². The van der Waals surface area contributed by atoms with Gasteiger partial charge in [-0.15, -0.1) is 0 Å². The molecule has 1 heterocycles. The number of halogens is 2. The Hall–Kier alpha value is 0.120. The van der Waals surface area contributed by atoms with Crippen LogP contribution < -0.4 is 0 Å². The summed E-state index contributed by atoms with van der Waals surface area (Å²) in [5.41, 5.74) is 0. The highest BCUT2D eigenvalue weighted by Gasteiger charge is 2.24. The van der Waals surface area contributed by atoms with E-state index in [1.807, 2.05) is 6.08 Å². The van der Waals surface area contributed by atoms with E-state index in [2.05, 4.69) is 0 Å². The van der Waals surface area contributed by atoms with Gasteiger partial charge in [0.25, 0.3) is 4.52 Å². The lowest BCUT2D eigenvalue weighted by Gasteiger charge is -2.20. The molecule has 0 unspecified atom stereocenters. The molecule has 1 aliphatic rings. The third-order valence-corrected chi connectivity index (χ3v) is 1.49. The number of rotatable bonds is 0. The zero-order valence-electron chi connectivity index (χ0n) is 4.23. The average Bonchev–Trinajstić information content (AvgIpc) is 1.65. The standard InChI is InChI=1S/C5H6Cl2O/c6-5(7)3-1-2-4-8-5/h2,4H,1,3H2. The Kier molecular flexibility index (Phi) is 1.68. The van der Waals surface area contributed by atoms with Gasteiger partial charge in [-0.3, -0.25) is 0 Å². The summed E-state index contributed by atoms with van der Waals surface area (Å²) >= 11 is 11.1. The molecule has 0 aromatic carbocycles. The van der Waals surface area contributed by atoms with Crippen molar-refractivity contribution in [3.05, 3.63) is 12.3 Å². The zero-order valence-corrected chi connectivity index (χ0v) is 5.74. The molecule has 0 aromatic heterocycles. The smallest absolute Gasteiger partial charge is 0.257 e. The van der Waals surface area contributed by atoms with E-state index in [-0.39, 0.29) is 0 Å². The van der Waals surface area contributed by atoms with E-state index in [0.29, 0.717) is 6.42 Å². The number of ether oxygens (including phenoxy) is 1. The molecule has 0 amide bonds. The molecule has 1 rings (SSSR count). The molecule has 3 heteroatoms. The third kappa shape index (κ3) is 1.57. The fourth-order valence-corrected chi connectivity index (χ4v) is 0.847. The highest BCUT2D eigenvalue weighted by Crippen LogP contribution is 2.31. The highest BCUT2D eigenvalue weighted by molar-refractivity contribution is 6.47. The van der Waals surface area contributed by atoms with Gasteiger partial charge in [0.2, 0.25) is 0 Å². The van der Waals surface area contributed by atoms with Crippen LogP contribution in [0.25, 0.3) is 0 Å². The van der Waals surface area contributed by atoms with E-state index < -0.39 is 4.52 Å². The minimum absolute atomic E-state index is 0.673. The largest absolute Gasteiger partial charge is 0.466 e. The van der Waals surface area contributed by atoms with Gasteiger partial charge in [-0.05, 0) is 12.5 Å². The van der Waals surface area contributed by atoms with Crippen LogP contribution in [0.15, 0.2) is 12.3 Å². The molecule has 0 N–H and O–H groups in total. The second kappa shape index (κ2) is 2.16. The van der Waals surface area contributed by atoms with Gasteiger partial charge in [0.05, 0.1) is 6.26 Å². The Morgan fingerprint density at radius 3 is 2.50 bits per heavy atom. The predicted molar refractivity (Wildman–Crippen MR) is 33.9 cm³/mol. The monoisotopic (exact) mass is 152 g/mol. The van der Waals surface area contributed by atoms with Crippen LogP contribution in [-0.2, 0) is 4.74 Å². The summed E-state index contributed by atoms with van der Waals surface area (Å²) in [5, 5.41) is 0. The van der Waals surface area contributed by atoms with E-state index >= 15 is 0 Å². The second-order valence-electron chi connectivity index (χ2n) is 1.67. The van der Waals surface area contributed by atoms with Crippen molar-refractivity contribution in [3.8, 4) is 0 Å². The van der Waals surface area contributed by atoms with Crippen molar-refractivity contribution in [2.24, 2.45) is 0 Å². The van der Waals surface area contributed by atoms with Crippen LogP contribution in [0, 0.1) is 0 Å². The van der Waals surface area contributed by atoms with E-state index in [9.17, 15) is 0 Å². The lowest BCUT2D eigenvalue weighted by atomic mass is 10.3. The second-order valence-corrected chi connectivity index (χ2v) is 3.08. The molecular formula is C5H6Cl2O. The van der Waals surface area contributed by atoms with Gasteiger partial charge >= 0.3 is 0 Å². The summed E-state index contributed by atoms with van der Waals surface area (Å²) in [6.45, 7) is 0. The molecule has 0 saturated carbocycles. The van der Waals surface area contributed by atoms with Crippen LogP contribution >= 0.6 is 23.2 Å². The summed E-state index contributed by atoms with van der Waals surface area (Å²) < 4.78 is 3.85. The Labute approximate surface area is 58.2 Å². The van der Waals surface area contributed by atoms with Crippen molar-refractivity contribution in [1.29, 1.82) is 0 Å². The van der Waals surface area contributed by atoms with Gasteiger partial charge in [-0.1, -0.05) is 23.2 Å².